The molecule has 1 N–H and O–H groups in total. The molecule has 0 unspecified atom stereocenters. The van der Waals surface area contributed by atoms with Crippen molar-refractivity contribution in [2.75, 3.05) is 6.54 Å². The molecule has 0 atom stereocenters. The summed E-state index contributed by atoms with van der Waals surface area (Å²) < 4.78 is 0. The van der Waals surface area contributed by atoms with Gasteiger partial charge in [0.05, 0.1) is 0 Å². The van der Waals surface area contributed by atoms with Crippen LogP contribution in [0.25, 0.3) is 0 Å². The van der Waals surface area contributed by atoms with Gasteiger partial charge in [-0.25, -0.2) is 0 Å². The highest BCUT2D eigenvalue weighted by Gasteiger charge is 2.38. The average molecular weight is 253 g/mol. The van der Waals surface area contributed by atoms with E-state index in [9.17, 15) is 0 Å². The van der Waals surface area contributed by atoms with Gasteiger partial charge in [0.25, 0.3) is 0 Å². The minimum absolute atomic E-state index is 0.395. The van der Waals surface area contributed by atoms with Crippen molar-refractivity contribution in [3.8, 4) is 0 Å². The Hall–Kier alpha value is -0.0400. The molecule has 1 aliphatic carbocycles. The summed E-state index contributed by atoms with van der Waals surface area (Å²) in [6.45, 7) is 20.3. The van der Waals surface area contributed by atoms with E-state index < -0.39 is 0 Å². The molecule has 0 aromatic heterocycles. The molecule has 0 aliphatic heterocycles. The lowest BCUT2D eigenvalue weighted by Crippen LogP contribution is -2.47. The Bertz CT molecular complexity index is 257. The van der Waals surface area contributed by atoms with Crippen molar-refractivity contribution in [2.45, 2.75) is 80.7 Å². The molecule has 0 amide bonds. The first-order valence-electron chi connectivity index (χ1n) is 7.67. The SMILES string of the molecule is CC(C)C(C)(C)CNC1CC(C)(C)CC(C)(C)C1. The lowest BCUT2D eigenvalue weighted by atomic mass is 9.63. The Kier molecular flexibility index (Phi) is 4.58. The van der Waals surface area contributed by atoms with Crippen molar-refractivity contribution in [3.63, 3.8) is 0 Å². The zero-order valence-electron chi connectivity index (χ0n) is 14.0. The van der Waals surface area contributed by atoms with Gasteiger partial charge in [-0.05, 0) is 41.4 Å². The minimum Gasteiger partial charge on any atom is -0.313 e. The zero-order chi connectivity index (χ0) is 14.2. The first-order valence-corrected chi connectivity index (χ1v) is 7.67. The minimum atomic E-state index is 0.395. The van der Waals surface area contributed by atoms with Crippen LogP contribution in [0.2, 0.25) is 0 Å². The summed E-state index contributed by atoms with van der Waals surface area (Å²) >= 11 is 0. The molecule has 108 valence electrons. The largest absolute Gasteiger partial charge is 0.313 e. The number of hydrogen-bond acceptors (Lipinski definition) is 1. The molecule has 0 bridgehead atoms. The molecule has 0 saturated heterocycles. The van der Waals surface area contributed by atoms with E-state index in [4.69, 9.17) is 0 Å². The highest BCUT2D eigenvalue weighted by atomic mass is 14.9. The highest BCUT2D eigenvalue weighted by Crippen LogP contribution is 2.45. The predicted octanol–water partition coefficient (Wildman–Crippen LogP) is 4.86. The topological polar surface area (TPSA) is 12.0 Å². The van der Waals surface area contributed by atoms with E-state index in [0.29, 0.717) is 22.3 Å². The van der Waals surface area contributed by atoms with Crippen molar-refractivity contribution in [1.29, 1.82) is 0 Å². The Morgan fingerprint density at radius 3 is 1.89 bits per heavy atom. The van der Waals surface area contributed by atoms with Crippen LogP contribution in [0.5, 0.6) is 0 Å². The maximum absolute atomic E-state index is 3.85. The van der Waals surface area contributed by atoms with Gasteiger partial charge < -0.3 is 5.32 Å². The van der Waals surface area contributed by atoms with E-state index >= 15 is 0 Å². The van der Waals surface area contributed by atoms with Gasteiger partial charge in [0, 0.05) is 12.6 Å². The molecule has 0 aromatic rings. The summed E-state index contributed by atoms with van der Waals surface area (Å²) in [5.74, 6) is 0.731. The standard InChI is InChI=1S/C17H35N/c1-13(2)17(7,8)12-18-14-9-15(3,4)11-16(5,6)10-14/h13-14,18H,9-12H2,1-8H3. The van der Waals surface area contributed by atoms with Gasteiger partial charge in [-0.2, -0.15) is 0 Å². The molecule has 1 heteroatoms. The summed E-state index contributed by atoms with van der Waals surface area (Å²) in [6.07, 6.45) is 4.00. The molecule has 1 fully saturated rings. The Labute approximate surface area is 115 Å². The third-order valence-electron chi connectivity index (χ3n) is 4.96. The monoisotopic (exact) mass is 253 g/mol. The molecule has 0 heterocycles. The van der Waals surface area contributed by atoms with Crippen LogP contribution >= 0.6 is 0 Å². The van der Waals surface area contributed by atoms with Crippen LogP contribution in [-0.4, -0.2) is 12.6 Å². The van der Waals surface area contributed by atoms with Gasteiger partial charge in [-0.15, -0.1) is 0 Å². The second-order valence-electron chi connectivity index (χ2n) is 9.13. The van der Waals surface area contributed by atoms with E-state index in [1.54, 1.807) is 0 Å². The summed E-state index contributed by atoms with van der Waals surface area (Å²) in [7, 11) is 0. The number of nitrogens with one attached hydrogen (secondary N) is 1. The predicted molar refractivity (Wildman–Crippen MR) is 81.8 cm³/mol. The smallest absolute Gasteiger partial charge is 0.00774 e. The summed E-state index contributed by atoms with van der Waals surface area (Å²) in [5.41, 5.74) is 1.37. The molecule has 1 nitrogen and oxygen atoms in total. The molecular weight excluding hydrogens is 218 g/mol. The van der Waals surface area contributed by atoms with Gasteiger partial charge in [-0.3, -0.25) is 0 Å². The van der Waals surface area contributed by atoms with Crippen LogP contribution < -0.4 is 5.32 Å². The van der Waals surface area contributed by atoms with Gasteiger partial charge in [0.15, 0.2) is 0 Å². The molecule has 0 aromatic carbocycles. The molecule has 1 rings (SSSR count). The Morgan fingerprint density at radius 2 is 1.50 bits per heavy atom. The van der Waals surface area contributed by atoms with Crippen molar-refractivity contribution in [2.24, 2.45) is 22.2 Å². The van der Waals surface area contributed by atoms with Gasteiger partial charge in [0.2, 0.25) is 0 Å². The fraction of sp³-hybridized carbons (Fsp3) is 1.00. The third kappa shape index (κ3) is 4.57. The van der Waals surface area contributed by atoms with Crippen LogP contribution in [0.4, 0.5) is 0 Å². The first-order chi connectivity index (χ1) is 7.94. The maximum atomic E-state index is 3.85. The Balaban J connectivity index is 2.57. The molecular formula is C17H35N. The lowest BCUT2D eigenvalue weighted by Gasteiger charge is -2.46. The fourth-order valence-corrected chi connectivity index (χ4v) is 3.60. The maximum Gasteiger partial charge on any atom is 0.00774 e. The van der Waals surface area contributed by atoms with E-state index in [2.05, 4.69) is 60.7 Å². The van der Waals surface area contributed by atoms with Crippen molar-refractivity contribution >= 4 is 0 Å². The van der Waals surface area contributed by atoms with Crippen molar-refractivity contribution < 1.29 is 0 Å². The molecule has 18 heavy (non-hydrogen) atoms. The second-order valence-corrected chi connectivity index (χ2v) is 9.13. The molecule has 0 radical (unpaired) electrons. The van der Waals surface area contributed by atoms with Crippen LogP contribution in [-0.2, 0) is 0 Å². The van der Waals surface area contributed by atoms with E-state index in [-0.39, 0.29) is 0 Å². The number of rotatable bonds is 4. The van der Waals surface area contributed by atoms with E-state index in [1.807, 2.05) is 0 Å². The van der Waals surface area contributed by atoms with Crippen LogP contribution in [0.3, 0.4) is 0 Å². The average Bonchev–Trinajstić information content (AvgIpc) is 2.09. The van der Waals surface area contributed by atoms with Crippen molar-refractivity contribution in [1.82, 2.24) is 5.32 Å². The second kappa shape index (κ2) is 5.15. The lowest BCUT2D eigenvalue weighted by molar-refractivity contribution is 0.0774. The van der Waals surface area contributed by atoms with E-state index in [0.717, 1.165) is 12.5 Å². The van der Waals surface area contributed by atoms with Gasteiger partial charge in [0.1, 0.15) is 0 Å². The normalized spacial score (nSPS) is 24.5. The summed E-state index contributed by atoms with van der Waals surface area (Å²) in [6, 6.07) is 0.696. The van der Waals surface area contributed by atoms with Crippen LogP contribution in [0.15, 0.2) is 0 Å². The van der Waals surface area contributed by atoms with Crippen LogP contribution in [0, 0.1) is 22.2 Å². The third-order valence-corrected chi connectivity index (χ3v) is 4.96. The molecule has 1 saturated carbocycles. The van der Waals surface area contributed by atoms with Gasteiger partial charge >= 0.3 is 0 Å². The Morgan fingerprint density at radius 1 is 1.06 bits per heavy atom. The fourth-order valence-electron chi connectivity index (χ4n) is 3.60. The molecule has 0 spiro atoms. The first kappa shape index (κ1) is 16.0. The number of hydrogen-bond donors (Lipinski definition) is 1. The van der Waals surface area contributed by atoms with E-state index in [1.165, 1.54) is 19.3 Å². The quantitative estimate of drug-likeness (QED) is 0.754. The molecule has 1 aliphatic rings. The van der Waals surface area contributed by atoms with Crippen molar-refractivity contribution in [3.05, 3.63) is 0 Å². The van der Waals surface area contributed by atoms with Gasteiger partial charge in [-0.1, -0.05) is 55.4 Å². The summed E-state index contributed by atoms with van der Waals surface area (Å²) in [5, 5.41) is 3.85. The van der Waals surface area contributed by atoms with Crippen LogP contribution in [0.1, 0.15) is 74.7 Å². The zero-order valence-corrected chi connectivity index (χ0v) is 14.0. The highest BCUT2D eigenvalue weighted by molar-refractivity contribution is 4.93. The summed E-state index contributed by atoms with van der Waals surface area (Å²) in [4.78, 5) is 0.